The van der Waals surface area contributed by atoms with E-state index in [1.54, 1.807) is 0 Å². The fourth-order valence-electron chi connectivity index (χ4n) is 2.68. The van der Waals surface area contributed by atoms with E-state index in [1.807, 2.05) is 30.3 Å². The zero-order valence-corrected chi connectivity index (χ0v) is 13.0. The Hall–Kier alpha value is -2.63. The van der Waals surface area contributed by atoms with Crippen molar-refractivity contribution in [1.29, 1.82) is 0 Å². The van der Waals surface area contributed by atoms with Crippen molar-refractivity contribution in [3.8, 4) is 0 Å². The summed E-state index contributed by atoms with van der Waals surface area (Å²) >= 11 is 0. The number of nitrogen functional groups attached to an aromatic ring is 1. The van der Waals surface area contributed by atoms with Gasteiger partial charge in [0.2, 0.25) is 5.95 Å². The number of anilines is 2. The number of rotatable bonds is 4. The Labute approximate surface area is 135 Å². The van der Waals surface area contributed by atoms with Crippen molar-refractivity contribution in [2.75, 3.05) is 23.7 Å². The van der Waals surface area contributed by atoms with Gasteiger partial charge in [-0.15, -0.1) is 0 Å². The van der Waals surface area contributed by atoms with Gasteiger partial charge in [0.05, 0.1) is 5.56 Å². The molecule has 0 bridgehead atoms. The number of amides is 1. The molecule has 1 saturated heterocycles. The van der Waals surface area contributed by atoms with Crippen molar-refractivity contribution in [2.45, 2.75) is 25.8 Å². The molecule has 23 heavy (non-hydrogen) atoms. The lowest BCUT2D eigenvalue weighted by molar-refractivity contribution is 0.0951. The number of nitrogens with one attached hydrogen (secondary N) is 1. The minimum Gasteiger partial charge on any atom is -0.383 e. The van der Waals surface area contributed by atoms with Crippen LogP contribution in [-0.4, -0.2) is 29.0 Å². The van der Waals surface area contributed by atoms with Crippen molar-refractivity contribution < 1.29 is 4.79 Å². The highest BCUT2D eigenvalue weighted by Crippen LogP contribution is 2.18. The lowest BCUT2D eigenvalue weighted by atomic mass is 10.1. The van der Waals surface area contributed by atoms with Gasteiger partial charge in [0.15, 0.2) is 0 Å². The number of benzene rings is 1. The molecule has 6 nitrogen and oxygen atoms in total. The molecule has 0 saturated carbocycles. The topological polar surface area (TPSA) is 84.1 Å². The predicted molar refractivity (Wildman–Crippen MR) is 90.1 cm³/mol. The van der Waals surface area contributed by atoms with Gasteiger partial charge in [-0.1, -0.05) is 30.3 Å². The van der Waals surface area contributed by atoms with E-state index in [4.69, 9.17) is 5.73 Å². The smallest absolute Gasteiger partial charge is 0.256 e. The Morgan fingerprint density at radius 2 is 1.91 bits per heavy atom. The van der Waals surface area contributed by atoms with Crippen LogP contribution < -0.4 is 16.0 Å². The molecule has 1 aliphatic heterocycles. The Morgan fingerprint density at radius 3 is 2.61 bits per heavy atom. The van der Waals surface area contributed by atoms with E-state index >= 15 is 0 Å². The van der Waals surface area contributed by atoms with Crippen LogP contribution in [0.3, 0.4) is 0 Å². The Balaban J connectivity index is 1.66. The van der Waals surface area contributed by atoms with Crippen LogP contribution in [0.15, 0.2) is 36.5 Å². The van der Waals surface area contributed by atoms with Crippen LogP contribution >= 0.6 is 0 Å². The van der Waals surface area contributed by atoms with Crippen LogP contribution in [-0.2, 0) is 6.54 Å². The molecule has 0 spiro atoms. The van der Waals surface area contributed by atoms with E-state index in [2.05, 4.69) is 20.2 Å². The number of carbonyl (C=O) groups is 1. The number of hydrogen-bond donors (Lipinski definition) is 2. The maximum absolute atomic E-state index is 12.2. The first-order valence-corrected chi connectivity index (χ1v) is 7.93. The Morgan fingerprint density at radius 1 is 1.17 bits per heavy atom. The van der Waals surface area contributed by atoms with E-state index in [-0.39, 0.29) is 11.7 Å². The van der Waals surface area contributed by atoms with Crippen LogP contribution in [0.2, 0.25) is 0 Å². The molecule has 3 N–H and O–H groups in total. The summed E-state index contributed by atoms with van der Waals surface area (Å²) in [6, 6.07) is 9.73. The zero-order valence-electron chi connectivity index (χ0n) is 13.0. The first-order chi connectivity index (χ1) is 11.2. The highest BCUT2D eigenvalue weighted by Gasteiger charge is 2.17. The van der Waals surface area contributed by atoms with Crippen molar-refractivity contribution in [3.05, 3.63) is 47.7 Å². The summed E-state index contributed by atoms with van der Waals surface area (Å²) in [6.07, 6.45) is 5.05. The van der Waals surface area contributed by atoms with Gasteiger partial charge < -0.3 is 16.0 Å². The van der Waals surface area contributed by atoms with Gasteiger partial charge in [0.1, 0.15) is 5.82 Å². The van der Waals surface area contributed by atoms with Crippen molar-refractivity contribution >= 4 is 17.7 Å². The molecule has 2 aromatic rings. The van der Waals surface area contributed by atoms with E-state index in [1.165, 1.54) is 12.6 Å². The van der Waals surface area contributed by atoms with E-state index in [0.29, 0.717) is 18.1 Å². The maximum Gasteiger partial charge on any atom is 0.256 e. The van der Waals surface area contributed by atoms with E-state index < -0.39 is 0 Å². The Bertz CT molecular complexity index is 668. The predicted octanol–water partition coefficient (Wildman–Crippen LogP) is 1.98. The lowest BCUT2D eigenvalue weighted by Gasteiger charge is -2.26. The second-order valence-electron chi connectivity index (χ2n) is 5.68. The minimum absolute atomic E-state index is 0.228. The van der Waals surface area contributed by atoms with Gasteiger partial charge in [-0.25, -0.2) is 4.98 Å². The molecule has 120 valence electrons. The third-order valence-corrected chi connectivity index (χ3v) is 3.98. The molecule has 1 aromatic heterocycles. The highest BCUT2D eigenvalue weighted by molar-refractivity contribution is 5.98. The van der Waals surface area contributed by atoms with Crippen LogP contribution in [0.1, 0.15) is 35.2 Å². The molecule has 0 unspecified atom stereocenters. The van der Waals surface area contributed by atoms with Crippen LogP contribution in [0.5, 0.6) is 0 Å². The van der Waals surface area contributed by atoms with Crippen LogP contribution in [0, 0.1) is 0 Å². The van der Waals surface area contributed by atoms with E-state index in [9.17, 15) is 4.79 Å². The van der Waals surface area contributed by atoms with Crippen LogP contribution in [0.4, 0.5) is 11.8 Å². The zero-order chi connectivity index (χ0) is 16.1. The fourth-order valence-corrected chi connectivity index (χ4v) is 2.68. The summed E-state index contributed by atoms with van der Waals surface area (Å²) in [5, 5.41) is 2.84. The summed E-state index contributed by atoms with van der Waals surface area (Å²) in [6.45, 7) is 2.34. The molecule has 1 aliphatic rings. The molecule has 1 fully saturated rings. The molecular weight excluding hydrogens is 290 g/mol. The van der Waals surface area contributed by atoms with Gasteiger partial charge in [-0.3, -0.25) is 4.79 Å². The second kappa shape index (κ2) is 7.09. The number of nitrogens with zero attached hydrogens (tertiary/aromatic N) is 3. The normalized spacial score (nSPS) is 14.5. The summed E-state index contributed by atoms with van der Waals surface area (Å²) < 4.78 is 0. The maximum atomic E-state index is 12.2. The van der Waals surface area contributed by atoms with Gasteiger partial charge in [-0.05, 0) is 24.8 Å². The largest absolute Gasteiger partial charge is 0.383 e. The van der Waals surface area contributed by atoms with Gasteiger partial charge in [0.25, 0.3) is 5.91 Å². The summed E-state index contributed by atoms with van der Waals surface area (Å²) in [4.78, 5) is 23.0. The molecule has 6 heteroatoms. The molecule has 0 atom stereocenters. The average molecular weight is 311 g/mol. The second-order valence-corrected chi connectivity index (χ2v) is 5.68. The minimum atomic E-state index is -0.253. The summed E-state index contributed by atoms with van der Waals surface area (Å²) in [5.74, 6) is 0.587. The van der Waals surface area contributed by atoms with Gasteiger partial charge in [0, 0.05) is 25.8 Å². The van der Waals surface area contributed by atoms with Gasteiger partial charge in [-0.2, -0.15) is 4.98 Å². The number of nitrogens with two attached hydrogens (primary N) is 1. The quantitative estimate of drug-likeness (QED) is 0.902. The average Bonchev–Trinajstić information content (AvgIpc) is 2.61. The number of carbonyl (C=O) groups excluding carboxylic acids is 1. The first kappa shape index (κ1) is 15.3. The Kier molecular flexibility index (Phi) is 4.71. The van der Waals surface area contributed by atoms with Gasteiger partial charge >= 0.3 is 0 Å². The first-order valence-electron chi connectivity index (χ1n) is 7.93. The lowest BCUT2D eigenvalue weighted by Crippen LogP contribution is -2.32. The third kappa shape index (κ3) is 3.77. The van der Waals surface area contributed by atoms with E-state index in [0.717, 1.165) is 31.5 Å². The fraction of sp³-hybridized carbons (Fsp3) is 0.353. The number of piperidine rings is 1. The van der Waals surface area contributed by atoms with Crippen LogP contribution in [0.25, 0.3) is 0 Å². The third-order valence-electron chi connectivity index (χ3n) is 3.98. The molecular formula is C17H21N5O. The molecule has 1 aromatic carbocycles. The highest BCUT2D eigenvalue weighted by atomic mass is 16.1. The summed E-state index contributed by atoms with van der Waals surface area (Å²) in [7, 11) is 0. The van der Waals surface area contributed by atoms with Crippen molar-refractivity contribution in [1.82, 2.24) is 15.3 Å². The number of aromatic nitrogens is 2. The standard InChI is InChI=1S/C17H21N5O/c18-15-14(16(23)19-11-13-7-3-1-4-8-13)12-20-17(21-15)22-9-5-2-6-10-22/h1,3-4,7-8,12H,2,5-6,9-11H2,(H,19,23)(H2,18,20,21). The monoisotopic (exact) mass is 311 g/mol. The number of hydrogen-bond acceptors (Lipinski definition) is 5. The summed E-state index contributed by atoms with van der Waals surface area (Å²) in [5.41, 5.74) is 7.31. The molecule has 3 rings (SSSR count). The van der Waals surface area contributed by atoms with Crippen molar-refractivity contribution in [2.24, 2.45) is 0 Å². The SMILES string of the molecule is Nc1nc(N2CCCCC2)ncc1C(=O)NCc1ccccc1. The van der Waals surface area contributed by atoms with Crippen molar-refractivity contribution in [3.63, 3.8) is 0 Å². The molecule has 1 amide bonds. The molecule has 0 radical (unpaired) electrons. The molecule has 0 aliphatic carbocycles. The molecule has 2 heterocycles.